The fourth-order valence-electron chi connectivity index (χ4n) is 3.96. The van der Waals surface area contributed by atoms with E-state index in [4.69, 9.17) is 0 Å². The molecule has 1 aromatic rings. The third-order valence-electron chi connectivity index (χ3n) is 4.87. The van der Waals surface area contributed by atoms with Crippen LogP contribution in [-0.4, -0.2) is 24.2 Å². The lowest BCUT2D eigenvalue weighted by molar-refractivity contribution is -0.141. The minimum Gasteiger partial charge on any atom is -0.481 e. The van der Waals surface area contributed by atoms with Crippen LogP contribution in [0, 0.1) is 12.8 Å². The van der Waals surface area contributed by atoms with E-state index in [-0.39, 0.29) is 11.8 Å². The molecule has 1 aliphatic heterocycles. The maximum atomic E-state index is 11.7. The van der Waals surface area contributed by atoms with Crippen molar-refractivity contribution >= 4 is 11.7 Å². The maximum absolute atomic E-state index is 11.7. The molecular formula is C16H21NO2. The van der Waals surface area contributed by atoms with Crippen molar-refractivity contribution in [3.05, 3.63) is 29.3 Å². The highest BCUT2D eigenvalue weighted by Crippen LogP contribution is 2.47. The van der Waals surface area contributed by atoms with Gasteiger partial charge in [-0.3, -0.25) is 4.79 Å². The highest BCUT2D eigenvalue weighted by molar-refractivity contribution is 5.81. The summed E-state index contributed by atoms with van der Waals surface area (Å²) in [4.78, 5) is 14.1. The molecule has 3 rings (SSSR count). The van der Waals surface area contributed by atoms with Gasteiger partial charge in [-0.05, 0) is 42.9 Å². The zero-order valence-electron chi connectivity index (χ0n) is 11.6. The van der Waals surface area contributed by atoms with Crippen LogP contribution in [-0.2, 0) is 4.79 Å². The molecule has 0 saturated heterocycles. The quantitative estimate of drug-likeness (QED) is 0.842. The van der Waals surface area contributed by atoms with Gasteiger partial charge in [0.2, 0.25) is 0 Å². The summed E-state index contributed by atoms with van der Waals surface area (Å²) in [5.41, 5.74) is 3.32. The van der Waals surface area contributed by atoms with Crippen LogP contribution in [0.5, 0.6) is 0 Å². The van der Waals surface area contributed by atoms with Gasteiger partial charge in [0.15, 0.2) is 0 Å². The molecule has 1 saturated carbocycles. The van der Waals surface area contributed by atoms with Crippen LogP contribution in [0.2, 0.25) is 0 Å². The van der Waals surface area contributed by atoms with E-state index in [0.717, 1.165) is 24.1 Å². The number of carboxylic acid groups (broad SMARTS) is 1. The topological polar surface area (TPSA) is 40.5 Å². The van der Waals surface area contributed by atoms with Crippen LogP contribution in [0.4, 0.5) is 5.69 Å². The van der Waals surface area contributed by atoms with Crippen LogP contribution in [0.1, 0.15) is 42.7 Å². The van der Waals surface area contributed by atoms with Gasteiger partial charge in [0.05, 0.1) is 5.92 Å². The zero-order valence-corrected chi connectivity index (χ0v) is 11.6. The van der Waals surface area contributed by atoms with Crippen molar-refractivity contribution in [2.45, 2.75) is 44.6 Å². The first-order chi connectivity index (χ1) is 9.09. The molecule has 102 valence electrons. The molecule has 1 fully saturated rings. The predicted octanol–water partition coefficient (Wildman–Crippen LogP) is 3.17. The van der Waals surface area contributed by atoms with Crippen molar-refractivity contribution in [3.63, 3.8) is 0 Å². The van der Waals surface area contributed by atoms with E-state index in [2.05, 4.69) is 24.9 Å². The molecular weight excluding hydrogens is 238 g/mol. The Hall–Kier alpha value is -1.51. The molecule has 3 nitrogen and oxygen atoms in total. The maximum Gasteiger partial charge on any atom is 0.311 e. The largest absolute Gasteiger partial charge is 0.481 e. The van der Waals surface area contributed by atoms with Crippen molar-refractivity contribution in [2.24, 2.45) is 5.92 Å². The molecule has 3 heteroatoms. The Balaban J connectivity index is 2.13. The molecule has 0 amide bonds. The second-order valence-corrected chi connectivity index (χ2v) is 6.00. The Morgan fingerprint density at radius 3 is 2.79 bits per heavy atom. The van der Waals surface area contributed by atoms with Gasteiger partial charge < -0.3 is 10.0 Å². The van der Waals surface area contributed by atoms with E-state index in [9.17, 15) is 9.90 Å². The van der Waals surface area contributed by atoms with Crippen LogP contribution in [0.3, 0.4) is 0 Å². The molecule has 1 aromatic carbocycles. The first-order valence-electron chi connectivity index (χ1n) is 7.16. The smallest absolute Gasteiger partial charge is 0.311 e. The van der Waals surface area contributed by atoms with Gasteiger partial charge in [0.1, 0.15) is 0 Å². The monoisotopic (exact) mass is 259 g/mol. The van der Waals surface area contributed by atoms with Crippen molar-refractivity contribution in [1.29, 1.82) is 0 Å². The zero-order chi connectivity index (χ0) is 13.6. The second-order valence-electron chi connectivity index (χ2n) is 6.00. The molecule has 0 radical (unpaired) electrons. The van der Waals surface area contributed by atoms with Gasteiger partial charge in [-0.1, -0.05) is 25.0 Å². The van der Waals surface area contributed by atoms with Gasteiger partial charge in [0, 0.05) is 18.8 Å². The number of hydrogen-bond donors (Lipinski definition) is 1. The Bertz CT molecular complexity index is 511. The summed E-state index contributed by atoms with van der Waals surface area (Å²) in [6.45, 7) is 2.07. The normalized spacial score (nSPS) is 29.6. The van der Waals surface area contributed by atoms with Crippen molar-refractivity contribution in [2.75, 3.05) is 11.9 Å². The number of fused-ring (bicyclic) bond motifs is 2. The molecule has 2 aliphatic rings. The van der Waals surface area contributed by atoms with E-state index in [1.807, 2.05) is 12.1 Å². The molecule has 1 heterocycles. The Labute approximate surface area is 114 Å². The van der Waals surface area contributed by atoms with Crippen molar-refractivity contribution < 1.29 is 9.90 Å². The fraction of sp³-hybridized carbons (Fsp3) is 0.562. The van der Waals surface area contributed by atoms with E-state index in [1.165, 1.54) is 18.4 Å². The van der Waals surface area contributed by atoms with Crippen LogP contribution in [0.15, 0.2) is 18.2 Å². The van der Waals surface area contributed by atoms with Crippen LogP contribution >= 0.6 is 0 Å². The standard InChI is InChI=1S/C16H21NO2/c1-10-7-8-12-14(9-10)17(2)13-6-4-3-5-11(13)15(12)16(18)19/h7-9,11,13,15H,3-6H2,1-2H3,(H,18,19). The van der Waals surface area contributed by atoms with Gasteiger partial charge in [0.25, 0.3) is 0 Å². The molecule has 1 N–H and O–H groups in total. The molecule has 19 heavy (non-hydrogen) atoms. The SMILES string of the molecule is Cc1ccc2c(c1)N(C)C1CCCCC1C2C(=O)O. The highest BCUT2D eigenvalue weighted by Gasteiger charge is 2.44. The number of carboxylic acids is 1. The molecule has 3 unspecified atom stereocenters. The first kappa shape index (κ1) is 12.5. The number of nitrogens with zero attached hydrogens (tertiary/aromatic N) is 1. The highest BCUT2D eigenvalue weighted by atomic mass is 16.4. The Kier molecular flexibility index (Phi) is 3.00. The van der Waals surface area contributed by atoms with E-state index in [1.54, 1.807) is 0 Å². The minimum absolute atomic E-state index is 0.270. The first-order valence-corrected chi connectivity index (χ1v) is 7.16. The number of anilines is 1. The summed E-state index contributed by atoms with van der Waals surface area (Å²) in [6, 6.07) is 6.58. The third-order valence-corrected chi connectivity index (χ3v) is 4.87. The summed E-state index contributed by atoms with van der Waals surface area (Å²) >= 11 is 0. The van der Waals surface area contributed by atoms with E-state index in [0.29, 0.717) is 6.04 Å². The van der Waals surface area contributed by atoms with Crippen molar-refractivity contribution in [1.82, 2.24) is 0 Å². The molecule has 1 aliphatic carbocycles. The molecule has 3 atom stereocenters. The summed E-state index contributed by atoms with van der Waals surface area (Å²) < 4.78 is 0. The summed E-state index contributed by atoms with van der Waals surface area (Å²) in [5.74, 6) is -0.710. The van der Waals surface area contributed by atoms with E-state index < -0.39 is 5.97 Å². The number of hydrogen-bond acceptors (Lipinski definition) is 2. The lowest BCUT2D eigenvalue weighted by Crippen LogP contribution is -2.48. The van der Waals surface area contributed by atoms with Crippen molar-refractivity contribution in [3.8, 4) is 0 Å². The minimum atomic E-state index is -0.657. The number of aryl methyl sites for hydroxylation is 1. The lowest BCUT2D eigenvalue weighted by Gasteiger charge is -2.47. The average Bonchev–Trinajstić information content (AvgIpc) is 2.39. The summed E-state index contributed by atoms with van der Waals surface area (Å²) in [5, 5.41) is 9.66. The number of benzene rings is 1. The Morgan fingerprint density at radius 1 is 1.32 bits per heavy atom. The van der Waals surface area contributed by atoms with Gasteiger partial charge >= 0.3 is 5.97 Å². The number of rotatable bonds is 1. The van der Waals surface area contributed by atoms with Gasteiger partial charge in [-0.15, -0.1) is 0 Å². The summed E-state index contributed by atoms with van der Waals surface area (Å²) in [6.07, 6.45) is 4.55. The summed E-state index contributed by atoms with van der Waals surface area (Å²) in [7, 11) is 2.12. The predicted molar refractivity (Wildman–Crippen MR) is 75.7 cm³/mol. The van der Waals surface area contributed by atoms with Gasteiger partial charge in [-0.25, -0.2) is 0 Å². The average molecular weight is 259 g/mol. The van der Waals surface area contributed by atoms with Crippen LogP contribution in [0.25, 0.3) is 0 Å². The third kappa shape index (κ3) is 1.92. The molecule has 0 aromatic heterocycles. The molecule has 0 spiro atoms. The number of carbonyl (C=O) groups is 1. The lowest BCUT2D eigenvalue weighted by atomic mass is 9.70. The molecule has 0 bridgehead atoms. The van der Waals surface area contributed by atoms with Crippen LogP contribution < -0.4 is 4.90 Å². The van der Waals surface area contributed by atoms with E-state index >= 15 is 0 Å². The fourth-order valence-corrected chi connectivity index (χ4v) is 3.96. The second kappa shape index (κ2) is 4.55. The van der Waals surface area contributed by atoms with Gasteiger partial charge in [-0.2, -0.15) is 0 Å². The number of aliphatic carboxylic acids is 1. The Morgan fingerprint density at radius 2 is 2.05 bits per heavy atom.